The maximum absolute atomic E-state index is 6.13. The molecule has 2 heterocycles. The number of fused-ring (bicyclic) bond motifs is 1. The van der Waals surface area contributed by atoms with E-state index in [2.05, 4.69) is 77.3 Å². The van der Waals surface area contributed by atoms with E-state index in [9.17, 15) is 0 Å². The zero-order valence-electron chi connectivity index (χ0n) is 16.2. The van der Waals surface area contributed by atoms with Gasteiger partial charge in [0.25, 0.3) is 0 Å². The number of hydrogen-bond acceptors (Lipinski definition) is 1. The lowest BCUT2D eigenvalue weighted by Crippen LogP contribution is -2.44. The van der Waals surface area contributed by atoms with E-state index in [1.54, 1.807) is 0 Å². The number of anilines is 1. The van der Waals surface area contributed by atoms with Gasteiger partial charge in [-0.15, -0.1) is 0 Å². The summed E-state index contributed by atoms with van der Waals surface area (Å²) in [5, 5.41) is 5.06. The number of aromatic nitrogens is 1. The van der Waals surface area contributed by atoms with Gasteiger partial charge in [-0.25, -0.2) is 0 Å². The Kier molecular flexibility index (Phi) is 5.42. The van der Waals surface area contributed by atoms with Crippen LogP contribution < -0.4 is 5.32 Å². The van der Waals surface area contributed by atoms with Crippen molar-refractivity contribution in [2.45, 2.75) is 32.9 Å². The van der Waals surface area contributed by atoms with Crippen LogP contribution in [0.4, 0.5) is 5.69 Å². The summed E-state index contributed by atoms with van der Waals surface area (Å²) in [4.78, 5) is 2.29. The fraction of sp³-hybridized carbons (Fsp3) is 0.261. The van der Waals surface area contributed by atoms with E-state index in [0.717, 1.165) is 35.3 Å². The molecule has 1 aliphatic heterocycles. The van der Waals surface area contributed by atoms with E-state index in [1.807, 2.05) is 12.1 Å². The van der Waals surface area contributed by atoms with Crippen LogP contribution in [-0.4, -0.2) is 21.1 Å². The van der Waals surface area contributed by atoms with Crippen LogP contribution in [0.1, 0.15) is 35.3 Å². The number of para-hydroxylation sites is 1. The molecule has 1 atom stereocenters. The molecule has 0 saturated carbocycles. The van der Waals surface area contributed by atoms with Crippen molar-refractivity contribution in [2.24, 2.45) is 0 Å². The minimum absolute atomic E-state index is 0.0649. The summed E-state index contributed by atoms with van der Waals surface area (Å²) >= 11 is 12.0. The Labute approximate surface area is 176 Å². The van der Waals surface area contributed by atoms with Crippen molar-refractivity contribution in [3.05, 3.63) is 88.2 Å². The molecule has 28 heavy (non-hydrogen) atoms. The molecule has 0 bridgehead atoms. The van der Waals surface area contributed by atoms with Gasteiger partial charge in [0.2, 0.25) is 0 Å². The van der Waals surface area contributed by atoms with Gasteiger partial charge in [-0.2, -0.15) is 0 Å². The maximum atomic E-state index is 6.13. The third-order valence-corrected chi connectivity index (χ3v) is 6.05. The molecule has 4 rings (SSSR count). The molecule has 3 aromatic rings. The molecule has 1 unspecified atom stereocenters. The lowest BCUT2D eigenvalue weighted by Gasteiger charge is -2.39. The molecule has 5 heteroatoms. The Morgan fingerprint density at radius 3 is 2.64 bits per heavy atom. The van der Waals surface area contributed by atoms with E-state index >= 15 is 0 Å². The molecule has 2 aromatic carbocycles. The predicted molar refractivity (Wildman–Crippen MR) is 121 cm³/mol. The van der Waals surface area contributed by atoms with Crippen molar-refractivity contribution < 1.29 is 0 Å². The number of thiocarbonyl (C=S) groups is 1. The lowest BCUT2D eigenvalue weighted by molar-refractivity contribution is 0.293. The van der Waals surface area contributed by atoms with Crippen molar-refractivity contribution in [1.29, 1.82) is 0 Å². The van der Waals surface area contributed by atoms with Gasteiger partial charge in [0.15, 0.2) is 5.11 Å². The van der Waals surface area contributed by atoms with Gasteiger partial charge in [0.05, 0.1) is 6.04 Å². The third-order valence-electron chi connectivity index (χ3n) is 5.46. The lowest BCUT2D eigenvalue weighted by atomic mass is 10.0. The summed E-state index contributed by atoms with van der Waals surface area (Å²) in [5.74, 6) is 0. The van der Waals surface area contributed by atoms with Gasteiger partial charge >= 0.3 is 0 Å². The van der Waals surface area contributed by atoms with E-state index < -0.39 is 0 Å². The van der Waals surface area contributed by atoms with Crippen LogP contribution in [0, 0.1) is 6.92 Å². The number of benzene rings is 2. The minimum Gasteiger partial charge on any atom is -0.348 e. The number of halogens is 1. The fourth-order valence-corrected chi connectivity index (χ4v) is 4.40. The summed E-state index contributed by atoms with van der Waals surface area (Å²) in [6.07, 6.45) is 3.11. The molecule has 0 saturated heterocycles. The Morgan fingerprint density at radius 2 is 1.89 bits per heavy atom. The highest BCUT2D eigenvalue weighted by atomic mass is 35.5. The van der Waals surface area contributed by atoms with Gasteiger partial charge in [0, 0.05) is 35.7 Å². The zero-order valence-corrected chi connectivity index (χ0v) is 17.7. The Bertz CT molecular complexity index is 993. The molecule has 0 radical (unpaired) electrons. The number of nitrogens with zero attached hydrogens (tertiary/aromatic N) is 2. The van der Waals surface area contributed by atoms with E-state index in [1.165, 1.54) is 22.4 Å². The molecular weight excluding hydrogens is 386 g/mol. The highest BCUT2D eigenvalue weighted by Gasteiger charge is 2.30. The largest absolute Gasteiger partial charge is 0.348 e. The second-order valence-electron chi connectivity index (χ2n) is 7.17. The van der Waals surface area contributed by atoms with Crippen molar-refractivity contribution in [3.63, 3.8) is 0 Å². The second kappa shape index (κ2) is 7.98. The van der Waals surface area contributed by atoms with Crippen LogP contribution in [0.2, 0.25) is 5.02 Å². The van der Waals surface area contributed by atoms with Gasteiger partial charge < -0.3 is 14.8 Å². The Hall–Kier alpha value is -2.30. The number of nitrogens with one attached hydrogen (secondary N) is 1. The number of rotatable bonds is 3. The number of aryl methyl sites for hydroxylation is 2. The van der Waals surface area contributed by atoms with E-state index in [0.29, 0.717) is 0 Å². The van der Waals surface area contributed by atoms with Crippen molar-refractivity contribution in [1.82, 2.24) is 9.47 Å². The van der Waals surface area contributed by atoms with Gasteiger partial charge in [0.1, 0.15) is 0 Å². The van der Waals surface area contributed by atoms with Crippen molar-refractivity contribution >= 4 is 34.6 Å². The van der Waals surface area contributed by atoms with Crippen LogP contribution in [0.5, 0.6) is 0 Å². The van der Waals surface area contributed by atoms with Crippen LogP contribution in [-0.2, 0) is 13.0 Å². The Morgan fingerprint density at radius 1 is 1.11 bits per heavy atom. The average Bonchev–Trinajstić information content (AvgIpc) is 3.18. The molecule has 1 aromatic heterocycles. The molecule has 0 spiro atoms. The van der Waals surface area contributed by atoms with E-state index in [4.69, 9.17) is 23.8 Å². The predicted octanol–water partition coefficient (Wildman–Crippen LogP) is 5.81. The van der Waals surface area contributed by atoms with Crippen LogP contribution in [0.15, 0.2) is 60.8 Å². The zero-order chi connectivity index (χ0) is 19.7. The van der Waals surface area contributed by atoms with E-state index in [-0.39, 0.29) is 6.04 Å². The standard InChI is InChI=1S/C23H24ClN3S/c1-3-17-7-4-6-16(2)21(17)25-23(28)27-15-14-26-13-5-8-20(26)22(27)18-9-11-19(24)12-10-18/h4-13,22H,3,14-15H2,1-2H3,(H,25,28). The topological polar surface area (TPSA) is 20.2 Å². The first-order chi connectivity index (χ1) is 13.6. The third kappa shape index (κ3) is 3.54. The summed E-state index contributed by atoms with van der Waals surface area (Å²) in [6, 6.07) is 18.8. The Balaban J connectivity index is 1.69. The van der Waals surface area contributed by atoms with Crippen molar-refractivity contribution in [2.75, 3.05) is 11.9 Å². The smallest absolute Gasteiger partial charge is 0.174 e. The molecule has 144 valence electrons. The minimum atomic E-state index is 0.0649. The molecule has 0 fully saturated rings. The molecular formula is C23H24ClN3S. The average molecular weight is 410 g/mol. The summed E-state index contributed by atoms with van der Waals surface area (Å²) in [5.41, 5.74) is 6.06. The van der Waals surface area contributed by atoms with Crippen LogP contribution in [0.25, 0.3) is 0 Å². The first-order valence-electron chi connectivity index (χ1n) is 9.65. The maximum Gasteiger partial charge on any atom is 0.174 e. The first-order valence-corrected chi connectivity index (χ1v) is 10.4. The first kappa shape index (κ1) is 19.0. The monoisotopic (exact) mass is 409 g/mol. The van der Waals surface area contributed by atoms with Gasteiger partial charge in [-0.1, -0.05) is 48.9 Å². The number of hydrogen-bond donors (Lipinski definition) is 1. The highest BCUT2D eigenvalue weighted by Crippen LogP contribution is 2.34. The molecule has 3 nitrogen and oxygen atoms in total. The van der Waals surface area contributed by atoms with Gasteiger partial charge in [-0.3, -0.25) is 0 Å². The molecule has 0 amide bonds. The fourth-order valence-electron chi connectivity index (χ4n) is 3.98. The van der Waals surface area contributed by atoms with Crippen LogP contribution >= 0.6 is 23.8 Å². The van der Waals surface area contributed by atoms with Gasteiger partial charge in [-0.05, 0) is 66.5 Å². The van der Waals surface area contributed by atoms with Crippen molar-refractivity contribution in [3.8, 4) is 0 Å². The summed E-state index contributed by atoms with van der Waals surface area (Å²) in [7, 11) is 0. The SMILES string of the molecule is CCc1cccc(C)c1NC(=S)N1CCn2cccc2C1c1ccc(Cl)cc1. The molecule has 1 N–H and O–H groups in total. The highest BCUT2D eigenvalue weighted by molar-refractivity contribution is 7.80. The summed E-state index contributed by atoms with van der Waals surface area (Å²) < 4.78 is 2.31. The molecule has 0 aliphatic carbocycles. The van der Waals surface area contributed by atoms with Crippen LogP contribution in [0.3, 0.4) is 0 Å². The summed E-state index contributed by atoms with van der Waals surface area (Å²) in [6.45, 7) is 6.08. The quantitative estimate of drug-likeness (QED) is 0.551. The molecule has 1 aliphatic rings. The normalized spacial score (nSPS) is 16.0. The second-order valence-corrected chi connectivity index (χ2v) is 7.99.